The number of hydrogen-bond acceptors (Lipinski definition) is 1. The molecule has 0 spiro atoms. The molecule has 0 aromatic carbocycles. The Bertz CT molecular complexity index is 831. The molecule has 0 aliphatic heterocycles. The lowest BCUT2D eigenvalue weighted by atomic mass is 9.35. The fraction of sp³-hybridized carbons (Fsp3) is 0.900. The normalized spacial score (nSPS) is 52.8. The molecule has 174 valence electrons. The predicted octanol–water partition coefficient (Wildman–Crippen LogP) is 8.38. The number of Topliss-reactive ketones (excluding diaryl/α,β-unsaturated/α-hetero) is 1. The topological polar surface area (TPSA) is 17.1 Å². The molecule has 0 aromatic heterocycles. The Morgan fingerprint density at radius 3 is 2.03 bits per heavy atom. The second-order valence-electron chi connectivity index (χ2n) is 15.1. The lowest BCUT2D eigenvalue weighted by Crippen LogP contribution is -2.62. The van der Waals surface area contributed by atoms with E-state index in [2.05, 4.69) is 61.5 Å². The minimum atomic E-state index is -0.137. The summed E-state index contributed by atoms with van der Waals surface area (Å²) in [5, 5.41) is 0. The third kappa shape index (κ3) is 2.76. The van der Waals surface area contributed by atoms with Gasteiger partial charge in [-0.1, -0.05) is 67.0 Å². The van der Waals surface area contributed by atoms with Crippen molar-refractivity contribution in [2.24, 2.45) is 50.2 Å². The summed E-state index contributed by atoms with van der Waals surface area (Å²) in [4.78, 5) is 12.9. The van der Waals surface area contributed by atoms with E-state index in [1.807, 2.05) is 5.57 Å². The van der Waals surface area contributed by atoms with Gasteiger partial charge in [-0.25, -0.2) is 0 Å². The van der Waals surface area contributed by atoms with E-state index in [0.29, 0.717) is 38.8 Å². The van der Waals surface area contributed by atoms with E-state index in [1.54, 1.807) is 0 Å². The van der Waals surface area contributed by atoms with Crippen LogP contribution in [0, 0.1) is 50.2 Å². The molecule has 5 aliphatic rings. The van der Waals surface area contributed by atoms with Gasteiger partial charge in [-0.05, 0) is 103 Å². The molecule has 0 amide bonds. The Morgan fingerprint density at radius 2 is 1.35 bits per heavy atom. The van der Waals surface area contributed by atoms with E-state index in [9.17, 15) is 4.79 Å². The van der Waals surface area contributed by atoms with Crippen molar-refractivity contribution in [1.82, 2.24) is 0 Å². The summed E-state index contributed by atoms with van der Waals surface area (Å²) in [6, 6.07) is 0. The minimum Gasteiger partial charge on any atom is -0.299 e. The Hall–Kier alpha value is -0.590. The molecule has 1 nitrogen and oxygen atoms in total. The number of carbonyl (C=O) groups excluding carboxylic acids is 1. The highest BCUT2D eigenvalue weighted by atomic mass is 16.1. The van der Waals surface area contributed by atoms with Crippen molar-refractivity contribution >= 4 is 5.78 Å². The standard InChI is InChI=1S/C30H48O/c1-25(2)17-18-27(5)13-9-21-29(7)14-10-20-26(3,4)24(31)12-16-28(20,6)22(29)11-15-30(21,8)23(27)19-25/h9,20,22-23H,10-19H2,1-8H3/t20-,22+,23?,27?,28?,29?,30+/m0/s1. The van der Waals surface area contributed by atoms with Gasteiger partial charge in [-0.2, -0.15) is 0 Å². The van der Waals surface area contributed by atoms with Crippen LogP contribution in [0.1, 0.15) is 120 Å². The molecule has 4 fully saturated rings. The highest BCUT2D eigenvalue weighted by Crippen LogP contribution is 2.74. The number of ketones is 1. The maximum Gasteiger partial charge on any atom is 0.138 e. The maximum atomic E-state index is 12.9. The fourth-order valence-electron chi connectivity index (χ4n) is 10.7. The fourth-order valence-corrected chi connectivity index (χ4v) is 10.7. The second kappa shape index (κ2) is 6.29. The van der Waals surface area contributed by atoms with E-state index in [-0.39, 0.29) is 5.41 Å². The number of carbonyl (C=O) groups is 1. The molecule has 5 aliphatic carbocycles. The largest absolute Gasteiger partial charge is 0.299 e. The monoisotopic (exact) mass is 424 g/mol. The Morgan fingerprint density at radius 1 is 0.742 bits per heavy atom. The van der Waals surface area contributed by atoms with Crippen LogP contribution in [0.3, 0.4) is 0 Å². The summed E-state index contributed by atoms with van der Waals surface area (Å²) < 4.78 is 0. The van der Waals surface area contributed by atoms with Crippen molar-refractivity contribution in [2.45, 2.75) is 120 Å². The first-order chi connectivity index (χ1) is 14.2. The molecule has 0 bridgehead atoms. The van der Waals surface area contributed by atoms with Crippen molar-refractivity contribution in [1.29, 1.82) is 0 Å². The maximum absolute atomic E-state index is 12.9. The van der Waals surface area contributed by atoms with E-state index in [4.69, 9.17) is 0 Å². The van der Waals surface area contributed by atoms with Crippen molar-refractivity contribution in [2.75, 3.05) is 0 Å². The quantitative estimate of drug-likeness (QED) is 0.357. The molecule has 7 atom stereocenters. The lowest BCUT2D eigenvalue weighted by molar-refractivity contribution is -0.168. The zero-order valence-electron chi connectivity index (χ0n) is 21.8. The third-order valence-corrected chi connectivity index (χ3v) is 12.5. The van der Waals surface area contributed by atoms with Gasteiger partial charge in [-0.15, -0.1) is 0 Å². The molecule has 1 heteroatoms. The SMILES string of the molecule is CC1(C)CCC2(C)CC=C3C4(C)CC[C@H]5C(C)(C)C(=O)CCC5(C)[C@H]4CC[C@@]3(C)C2C1. The third-order valence-electron chi connectivity index (χ3n) is 12.5. The lowest BCUT2D eigenvalue weighted by Gasteiger charge is -2.69. The average Bonchev–Trinajstić information content (AvgIpc) is 2.66. The van der Waals surface area contributed by atoms with Crippen LogP contribution in [0.4, 0.5) is 0 Å². The van der Waals surface area contributed by atoms with Crippen LogP contribution in [0.25, 0.3) is 0 Å². The van der Waals surface area contributed by atoms with E-state index in [1.165, 1.54) is 51.4 Å². The molecule has 0 radical (unpaired) electrons. The molecule has 5 rings (SSSR count). The van der Waals surface area contributed by atoms with Gasteiger partial charge >= 0.3 is 0 Å². The molecule has 4 saturated carbocycles. The first kappa shape index (κ1) is 22.2. The van der Waals surface area contributed by atoms with E-state index in [0.717, 1.165) is 24.7 Å². The van der Waals surface area contributed by atoms with Crippen molar-refractivity contribution < 1.29 is 4.79 Å². The molecule has 0 N–H and O–H groups in total. The number of fused-ring (bicyclic) bond motifs is 7. The van der Waals surface area contributed by atoms with Crippen LogP contribution in [-0.4, -0.2) is 5.78 Å². The summed E-state index contributed by atoms with van der Waals surface area (Å²) in [5.41, 5.74) is 3.73. The van der Waals surface area contributed by atoms with Gasteiger partial charge in [0.25, 0.3) is 0 Å². The molecule has 31 heavy (non-hydrogen) atoms. The summed E-state index contributed by atoms with van der Waals surface area (Å²) in [7, 11) is 0. The van der Waals surface area contributed by atoms with Gasteiger partial charge in [0.05, 0.1) is 0 Å². The molecule has 0 heterocycles. The van der Waals surface area contributed by atoms with E-state index >= 15 is 0 Å². The molecular weight excluding hydrogens is 376 g/mol. The van der Waals surface area contributed by atoms with Crippen LogP contribution < -0.4 is 0 Å². The number of allylic oxidation sites excluding steroid dienone is 2. The average molecular weight is 425 g/mol. The van der Waals surface area contributed by atoms with Gasteiger partial charge < -0.3 is 0 Å². The van der Waals surface area contributed by atoms with Crippen molar-refractivity contribution in [3.05, 3.63) is 11.6 Å². The minimum absolute atomic E-state index is 0.137. The van der Waals surface area contributed by atoms with Crippen LogP contribution in [0.2, 0.25) is 0 Å². The van der Waals surface area contributed by atoms with Gasteiger partial charge in [-0.3, -0.25) is 4.79 Å². The summed E-state index contributed by atoms with van der Waals surface area (Å²) in [5.74, 6) is 2.66. The van der Waals surface area contributed by atoms with Gasteiger partial charge in [0.15, 0.2) is 0 Å². The molecule has 0 saturated heterocycles. The Labute approximate surface area is 192 Å². The Kier molecular flexibility index (Phi) is 4.51. The molecular formula is C30H48O. The smallest absolute Gasteiger partial charge is 0.138 e. The summed E-state index contributed by atoms with van der Waals surface area (Å²) in [6.45, 7) is 20.1. The summed E-state index contributed by atoms with van der Waals surface area (Å²) >= 11 is 0. The summed E-state index contributed by atoms with van der Waals surface area (Å²) in [6.07, 6.45) is 15.5. The van der Waals surface area contributed by atoms with Crippen LogP contribution >= 0.6 is 0 Å². The zero-order valence-corrected chi connectivity index (χ0v) is 21.8. The number of hydrogen-bond donors (Lipinski definition) is 0. The molecule has 0 aromatic rings. The highest BCUT2D eigenvalue weighted by molar-refractivity contribution is 5.85. The van der Waals surface area contributed by atoms with Gasteiger partial charge in [0, 0.05) is 11.8 Å². The molecule has 4 unspecified atom stereocenters. The van der Waals surface area contributed by atoms with Crippen molar-refractivity contribution in [3.8, 4) is 0 Å². The van der Waals surface area contributed by atoms with Gasteiger partial charge in [0.2, 0.25) is 0 Å². The first-order valence-electron chi connectivity index (χ1n) is 13.4. The predicted molar refractivity (Wildman–Crippen MR) is 130 cm³/mol. The van der Waals surface area contributed by atoms with Crippen molar-refractivity contribution in [3.63, 3.8) is 0 Å². The first-order valence-corrected chi connectivity index (χ1v) is 13.4. The number of rotatable bonds is 0. The second-order valence-corrected chi connectivity index (χ2v) is 15.1. The van der Waals surface area contributed by atoms with Crippen LogP contribution in [0.5, 0.6) is 0 Å². The van der Waals surface area contributed by atoms with Crippen LogP contribution in [-0.2, 0) is 4.79 Å². The van der Waals surface area contributed by atoms with E-state index < -0.39 is 0 Å². The van der Waals surface area contributed by atoms with Crippen LogP contribution in [0.15, 0.2) is 11.6 Å². The van der Waals surface area contributed by atoms with Gasteiger partial charge in [0.1, 0.15) is 5.78 Å². The zero-order chi connectivity index (χ0) is 22.7. The Balaban J connectivity index is 1.56. The highest BCUT2D eigenvalue weighted by Gasteiger charge is 2.66.